The summed E-state index contributed by atoms with van der Waals surface area (Å²) < 4.78 is 28.2. The molecule has 0 radical (unpaired) electrons. The Morgan fingerprint density at radius 1 is 0.935 bits per heavy atom. The first kappa shape index (κ1) is 22.8. The number of hydrazone groups is 1. The van der Waals surface area contributed by atoms with E-state index in [-0.39, 0.29) is 21.3 Å². The van der Waals surface area contributed by atoms with Gasteiger partial charge in [-0.05, 0) is 30.3 Å². The number of anilines is 2. The summed E-state index contributed by atoms with van der Waals surface area (Å²) in [6.45, 7) is 0. The number of nitro groups is 1. The molecule has 3 rings (SSSR count). The molecule has 31 heavy (non-hydrogen) atoms. The van der Waals surface area contributed by atoms with Gasteiger partial charge in [-0.3, -0.25) is 20.3 Å². The topological polar surface area (TPSA) is 114 Å². The van der Waals surface area contributed by atoms with Crippen LogP contribution in [0.15, 0.2) is 70.7 Å². The third-order valence-electron chi connectivity index (χ3n) is 3.93. The van der Waals surface area contributed by atoms with E-state index in [0.717, 1.165) is 12.1 Å². The van der Waals surface area contributed by atoms with Crippen molar-refractivity contribution in [2.75, 3.05) is 10.1 Å². The first-order chi connectivity index (χ1) is 14.7. The van der Waals surface area contributed by atoms with Gasteiger partial charge in [0, 0.05) is 22.7 Å². The Hall–Kier alpha value is -2.85. The molecule has 0 heterocycles. The van der Waals surface area contributed by atoms with Gasteiger partial charge in [-0.25, -0.2) is 8.42 Å². The summed E-state index contributed by atoms with van der Waals surface area (Å²) in [6.07, 6.45) is 1.36. The lowest BCUT2D eigenvalue weighted by Crippen LogP contribution is -2.15. The van der Waals surface area contributed by atoms with Crippen molar-refractivity contribution >= 4 is 68.1 Å². The fourth-order valence-electron chi connectivity index (χ4n) is 2.46. The number of rotatable bonds is 7. The molecule has 8 nitrogen and oxygen atoms in total. The van der Waals surface area contributed by atoms with Gasteiger partial charge >= 0.3 is 0 Å². The Kier molecular flexibility index (Phi) is 7.01. The molecular weight excluding hydrogens is 487 g/mol. The monoisotopic (exact) mass is 498 g/mol. The number of nitrogens with zero attached hydrogens (tertiary/aromatic N) is 2. The van der Waals surface area contributed by atoms with Gasteiger partial charge in [-0.1, -0.05) is 53.0 Å². The fourth-order valence-corrected chi connectivity index (χ4v) is 4.41. The lowest BCUT2D eigenvalue weighted by molar-refractivity contribution is -0.385. The van der Waals surface area contributed by atoms with Crippen molar-refractivity contribution in [2.45, 2.75) is 4.90 Å². The van der Waals surface area contributed by atoms with E-state index in [1.165, 1.54) is 30.5 Å². The van der Waals surface area contributed by atoms with Crippen molar-refractivity contribution in [3.8, 4) is 0 Å². The van der Waals surface area contributed by atoms with Crippen LogP contribution in [-0.4, -0.2) is 19.6 Å². The molecule has 0 aromatic heterocycles. The number of sulfonamides is 1. The molecule has 2 N–H and O–H groups in total. The zero-order chi connectivity index (χ0) is 22.6. The van der Waals surface area contributed by atoms with E-state index in [4.69, 9.17) is 34.8 Å². The van der Waals surface area contributed by atoms with Crippen molar-refractivity contribution in [3.63, 3.8) is 0 Å². The Morgan fingerprint density at radius 2 is 1.68 bits per heavy atom. The van der Waals surface area contributed by atoms with Crippen molar-refractivity contribution in [3.05, 3.63) is 91.4 Å². The molecule has 0 atom stereocenters. The minimum Gasteiger partial charge on any atom is -0.278 e. The predicted molar refractivity (Wildman–Crippen MR) is 123 cm³/mol. The van der Waals surface area contributed by atoms with E-state index in [2.05, 4.69) is 15.2 Å². The summed E-state index contributed by atoms with van der Waals surface area (Å²) in [5, 5.41) is 16.1. The maximum absolute atomic E-state index is 13.0. The zero-order valence-corrected chi connectivity index (χ0v) is 18.5. The smallest absolute Gasteiger partial charge is 0.270 e. The highest BCUT2D eigenvalue weighted by molar-refractivity contribution is 7.93. The second-order valence-electron chi connectivity index (χ2n) is 6.06. The molecule has 0 aliphatic heterocycles. The standard InChI is InChI=1S/C19H13Cl3N4O4S/c20-13-6-5-12(16(22)9-13)11-23-24-18-8-7-14(26(27)28)10-19(18)31(29,30)25-17-4-2-1-3-15(17)21/h1-11,24-25H/b23-11+. The van der Waals surface area contributed by atoms with Gasteiger partial charge in [0.2, 0.25) is 0 Å². The SMILES string of the molecule is O=[N+]([O-])c1ccc(N/N=C/c2ccc(Cl)cc2Cl)c(S(=O)(=O)Nc2ccccc2Cl)c1. The number of halogens is 3. The summed E-state index contributed by atoms with van der Waals surface area (Å²) in [6, 6.07) is 14.3. The molecule has 0 aliphatic carbocycles. The maximum Gasteiger partial charge on any atom is 0.270 e. The summed E-state index contributed by atoms with van der Waals surface area (Å²) in [4.78, 5) is 10.1. The molecule has 0 saturated carbocycles. The summed E-state index contributed by atoms with van der Waals surface area (Å²) in [5.41, 5.74) is 2.83. The summed E-state index contributed by atoms with van der Waals surface area (Å²) in [5.74, 6) is 0. The van der Waals surface area contributed by atoms with Gasteiger partial charge in [-0.2, -0.15) is 5.10 Å². The number of hydrogen-bond donors (Lipinski definition) is 2. The second kappa shape index (κ2) is 9.52. The number of nitrogens with one attached hydrogen (secondary N) is 2. The molecule has 3 aromatic carbocycles. The van der Waals surface area contributed by atoms with Crippen molar-refractivity contribution in [1.82, 2.24) is 0 Å². The highest BCUT2D eigenvalue weighted by Crippen LogP contribution is 2.30. The molecule has 3 aromatic rings. The van der Waals surface area contributed by atoms with Crippen molar-refractivity contribution in [1.29, 1.82) is 0 Å². The van der Waals surface area contributed by atoms with Gasteiger partial charge < -0.3 is 0 Å². The molecule has 0 spiro atoms. The fraction of sp³-hybridized carbons (Fsp3) is 0. The number of hydrogen-bond acceptors (Lipinski definition) is 6. The lowest BCUT2D eigenvalue weighted by Gasteiger charge is -2.13. The van der Waals surface area contributed by atoms with Crippen LogP contribution >= 0.6 is 34.8 Å². The van der Waals surface area contributed by atoms with Crippen molar-refractivity contribution < 1.29 is 13.3 Å². The van der Waals surface area contributed by atoms with Crippen LogP contribution in [0.4, 0.5) is 17.1 Å². The largest absolute Gasteiger partial charge is 0.278 e. The average molecular weight is 500 g/mol. The Morgan fingerprint density at radius 3 is 2.35 bits per heavy atom. The van der Waals surface area contributed by atoms with E-state index >= 15 is 0 Å². The molecule has 0 aliphatic rings. The van der Waals surface area contributed by atoms with Crippen LogP contribution in [-0.2, 0) is 10.0 Å². The summed E-state index contributed by atoms with van der Waals surface area (Å²) in [7, 11) is -4.25. The molecule has 0 bridgehead atoms. The van der Waals surface area contributed by atoms with Crippen molar-refractivity contribution in [2.24, 2.45) is 5.10 Å². The van der Waals surface area contributed by atoms with Crippen LogP contribution in [0.2, 0.25) is 15.1 Å². The van der Waals surface area contributed by atoms with Gasteiger partial charge in [-0.15, -0.1) is 0 Å². The van der Waals surface area contributed by atoms with E-state index in [0.29, 0.717) is 15.6 Å². The lowest BCUT2D eigenvalue weighted by atomic mass is 10.2. The highest BCUT2D eigenvalue weighted by Gasteiger charge is 2.23. The van der Waals surface area contributed by atoms with Gasteiger partial charge in [0.1, 0.15) is 4.90 Å². The number of benzene rings is 3. The van der Waals surface area contributed by atoms with E-state index in [1.807, 2.05) is 0 Å². The zero-order valence-electron chi connectivity index (χ0n) is 15.4. The average Bonchev–Trinajstić information content (AvgIpc) is 2.71. The molecule has 160 valence electrons. The number of nitro benzene ring substituents is 1. The Bertz CT molecular complexity index is 1280. The van der Waals surface area contributed by atoms with E-state index < -0.39 is 20.6 Å². The predicted octanol–water partition coefficient (Wildman–Crippen LogP) is 5.80. The van der Waals surface area contributed by atoms with Crippen LogP contribution < -0.4 is 10.1 Å². The van der Waals surface area contributed by atoms with Gasteiger partial charge in [0.15, 0.2) is 0 Å². The van der Waals surface area contributed by atoms with E-state index in [9.17, 15) is 18.5 Å². The molecule has 0 unspecified atom stereocenters. The van der Waals surface area contributed by atoms with Crippen LogP contribution in [0.3, 0.4) is 0 Å². The Labute approximate surface area is 192 Å². The third-order valence-corrected chi connectivity index (χ3v) is 6.23. The highest BCUT2D eigenvalue weighted by atomic mass is 35.5. The first-order valence-electron chi connectivity index (χ1n) is 8.47. The van der Waals surface area contributed by atoms with E-state index in [1.54, 1.807) is 24.3 Å². The number of para-hydroxylation sites is 1. The van der Waals surface area contributed by atoms with Crippen LogP contribution in [0.1, 0.15) is 5.56 Å². The second-order valence-corrected chi connectivity index (χ2v) is 8.96. The maximum atomic E-state index is 13.0. The normalized spacial score (nSPS) is 11.5. The minimum absolute atomic E-state index is 0.00601. The molecule has 0 saturated heterocycles. The number of non-ortho nitro benzene ring substituents is 1. The van der Waals surface area contributed by atoms with Crippen LogP contribution in [0.25, 0.3) is 0 Å². The molecule has 0 amide bonds. The molecule has 12 heteroatoms. The minimum atomic E-state index is -4.25. The Balaban J connectivity index is 1.96. The van der Waals surface area contributed by atoms with Crippen LogP contribution in [0, 0.1) is 10.1 Å². The quantitative estimate of drug-likeness (QED) is 0.242. The summed E-state index contributed by atoms with van der Waals surface area (Å²) >= 11 is 18.0. The first-order valence-corrected chi connectivity index (χ1v) is 11.1. The van der Waals surface area contributed by atoms with Gasteiger partial charge in [0.05, 0.1) is 32.6 Å². The molecule has 0 fully saturated rings. The van der Waals surface area contributed by atoms with Gasteiger partial charge in [0.25, 0.3) is 15.7 Å². The third kappa shape index (κ3) is 5.65. The molecular formula is C19H13Cl3N4O4S. The van der Waals surface area contributed by atoms with Crippen LogP contribution in [0.5, 0.6) is 0 Å².